The van der Waals surface area contributed by atoms with Crippen LogP contribution in [0.25, 0.3) is 0 Å². The molecule has 0 aliphatic heterocycles. The summed E-state index contributed by atoms with van der Waals surface area (Å²) in [5.41, 5.74) is -0.994. The van der Waals surface area contributed by atoms with Crippen LogP contribution < -0.4 is 15.4 Å². The molecule has 1 unspecified atom stereocenters. The number of methoxy groups -OCH3 is 1. The van der Waals surface area contributed by atoms with Gasteiger partial charge in [-0.05, 0) is 24.6 Å². The van der Waals surface area contributed by atoms with E-state index in [1.165, 1.54) is 7.11 Å². The minimum absolute atomic E-state index is 0.0565. The molecule has 0 aromatic heterocycles. The molecule has 0 radical (unpaired) electrons. The molecule has 1 aromatic rings. The molecular weight excluding hydrogens is 336 g/mol. The summed E-state index contributed by atoms with van der Waals surface area (Å²) in [4.78, 5) is 35.4. The van der Waals surface area contributed by atoms with Gasteiger partial charge in [-0.1, -0.05) is 32.9 Å². The first-order chi connectivity index (χ1) is 12.0. The lowest BCUT2D eigenvalue weighted by Crippen LogP contribution is -2.46. The van der Waals surface area contributed by atoms with E-state index in [-0.39, 0.29) is 31.2 Å². The van der Waals surface area contributed by atoms with Crippen LogP contribution in [-0.4, -0.2) is 36.5 Å². The summed E-state index contributed by atoms with van der Waals surface area (Å²) in [6, 6.07) is 6.93. The minimum atomic E-state index is -1.09. The molecule has 1 rings (SSSR count). The van der Waals surface area contributed by atoms with Crippen LogP contribution in [0.15, 0.2) is 24.3 Å². The zero-order chi connectivity index (χ0) is 20.0. The van der Waals surface area contributed by atoms with Crippen LogP contribution in [0, 0.1) is 5.41 Å². The van der Waals surface area contributed by atoms with Crippen molar-refractivity contribution < 1.29 is 24.2 Å². The van der Waals surface area contributed by atoms with Crippen molar-refractivity contribution in [1.82, 2.24) is 10.6 Å². The highest BCUT2D eigenvalue weighted by molar-refractivity contribution is 5.83. The molecule has 0 saturated carbocycles. The summed E-state index contributed by atoms with van der Waals surface area (Å²) in [5, 5.41) is 14.7. The lowest BCUT2D eigenvalue weighted by Gasteiger charge is -2.30. The molecule has 0 aliphatic rings. The van der Waals surface area contributed by atoms with Crippen LogP contribution in [0.1, 0.15) is 46.1 Å². The second-order valence-corrected chi connectivity index (χ2v) is 7.44. The number of carbonyl (C=O) groups is 3. The van der Waals surface area contributed by atoms with Gasteiger partial charge >= 0.3 is 5.97 Å². The maximum Gasteiger partial charge on any atom is 0.306 e. The van der Waals surface area contributed by atoms with Gasteiger partial charge in [0.05, 0.1) is 19.1 Å². The molecule has 0 heterocycles. The molecule has 1 aromatic carbocycles. The average Bonchev–Trinajstić information content (AvgIpc) is 2.53. The largest absolute Gasteiger partial charge is 0.497 e. The quantitative estimate of drug-likeness (QED) is 0.655. The smallest absolute Gasteiger partial charge is 0.306 e. The summed E-state index contributed by atoms with van der Waals surface area (Å²) in [6.07, 6.45) is -0.221. The van der Waals surface area contributed by atoms with E-state index in [1.807, 2.05) is 0 Å². The first-order valence-corrected chi connectivity index (χ1v) is 8.43. The third kappa shape index (κ3) is 6.38. The number of amides is 2. The summed E-state index contributed by atoms with van der Waals surface area (Å²) in [5.74, 6) is -0.945. The molecule has 0 aliphatic carbocycles. The lowest BCUT2D eigenvalue weighted by molar-refractivity contribution is -0.139. The topological polar surface area (TPSA) is 105 Å². The fourth-order valence-electron chi connectivity index (χ4n) is 2.41. The summed E-state index contributed by atoms with van der Waals surface area (Å²) >= 11 is 0. The number of aliphatic carboxylic acids is 1. The predicted molar refractivity (Wildman–Crippen MR) is 97.8 cm³/mol. The number of carbonyl (C=O) groups excluding carboxylic acids is 2. The molecule has 2 amide bonds. The second kappa shape index (κ2) is 8.69. The molecule has 7 nitrogen and oxygen atoms in total. The van der Waals surface area contributed by atoms with E-state index in [0.29, 0.717) is 11.3 Å². The van der Waals surface area contributed by atoms with Gasteiger partial charge in [-0.3, -0.25) is 14.4 Å². The Morgan fingerprint density at radius 1 is 1.15 bits per heavy atom. The first-order valence-electron chi connectivity index (χ1n) is 8.43. The highest BCUT2D eigenvalue weighted by Crippen LogP contribution is 2.28. The maximum atomic E-state index is 12.3. The molecule has 0 spiro atoms. The normalized spacial score (nSPS) is 13.4. The number of ether oxygens (including phenoxy) is 1. The van der Waals surface area contributed by atoms with Gasteiger partial charge in [0.25, 0.3) is 0 Å². The molecular formula is C19H28N2O5. The van der Waals surface area contributed by atoms with Gasteiger partial charge in [0.15, 0.2) is 0 Å². The molecule has 7 heteroatoms. The van der Waals surface area contributed by atoms with Gasteiger partial charge in [0.2, 0.25) is 11.8 Å². The van der Waals surface area contributed by atoms with E-state index < -0.39 is 16.9 Å². The summed E-state index contributed by atoms with van der Waals surface area (Å²) in [7, 11) is 1.52. The number of carboxylic acids is 1. The zero-order valence-electron chi connectivity index (χ0n) is 16.0. The Hall–Kier alpha value is -2.57. The van der Waals surface area contributed by atoms with Crippen molar-refractivity contribution >= 4 is 17.8 Å². The Kier molecular flexibility index (Phi) is 7.18. The lowest BCUT2D eigenvalue weighted by atomic mass is 9.88. The predicted octanol–water partition coefficient (Wildman–Crippen LogP) is 2.05. The van der Waals surface area contributed by atoms with E-state index in [2.05, 4.69) is 10.6 Å². The Labute approximate surface area is 154 Å². The average molecular weight is 364 g/mol. The molecule has 1 atom stereocenters. The van der Waals surface area contributed by atoms with Gasteiger partial charge in [0.1, 0.15) is 5.75 Å². The van der Waals surface area contributed by atoms with E-state index >= 15 is 0 Å². The standard InChI is InChI=1S/C19H28N2O5/c1-18(2,3)17(25)20-10-9-15(22)21-19(4,12-16(23)24)13-7-6-8-14(11-13)26-5/h6-8,11H,9-10,12H2,1-5H3,(H,20,25)(H,21,22)(H,23,24). The van der Waals surface area contributed by atoms with Crippen LogP contribution >= 0.6 is 0 Å². The van der Waals surface area contributed by atoms with Crippen LogP contribution in [0.2, 0.25) is 0 Å². The van der Waals surface area contributed by atoms with Gasteiger partial charge in [-0.25, -0.2) is 0 Å². The van der Waals surface area contributed by atoms with Gasteiger partial charge in [0, 0.05) is 18.4 Å². The highest BCUT2D eigenvalue weighted by Gasteiger charge is 2.32. The number of hydrogen-bond donors (Lipinski definition) is 3. The number of nitrogens with one attached hydrogen (secondary N) is 2. The van der Waals surface area contributed by atoms with Crippen molar-refractivity contribution in [3.8, 4) is 5.75 Å². The van der Waals surface area contributed by atoms with Gasteiger partial charge in [-0.15, -0.1) is 0 Å². The van der Waals surface area contributed by atoms with Crippen molar-refractivity contribution in [3.05, 3.63) is 29.8 Å². The number of hydrogen-bond acceptors (Lipinski definition) is 4. The van der Waals surface area contributed by atoms with Crippen molar-refractivity contribution in [2.75, 3.05) is 13.7 Å². The third-order valence-corrected chi connectivity index (χ3v) is 3.95. The summed E-state index contributed by atoms with van der Waals surface area (Å²) < 4.78 is 5.18. The molecule has 0 bridgehead atoms. The number of benzene rings is 1. The van der Waals surface area contributed by atoms with Crippen molar-refractivity contribution in [3.63, 3.8) is 0 Å². The monoisotopic (exact) mass is 364 g/mol. The van der Waals surface area contributed by atoms with E-state index in [4.69, 9.17) is 4.74 Å². The van der Waals surface area contributed by atoms with Gasteiger partial charge < -0.3 is 20.5 Å². The van der Waals surface area contributed by atoms with Crippen LogP contribution in [0.3, 0.4) is 0 Å². The molecule has 0 fully saturated rings. The van der Waals surface area contributed by atoms with Gasteiger partial charge in [-0.2, -0.15) is 0 Å². The molecule has 0 saturated heterocycles. The Balaban J connectivity index is 2.82. The van der Waals surface area contributed by atoms with Crippen molar-refractivity contribution in [2.45, 2.75) is 46.1 Å². The fraction of sp³-hybridized carbons (Fsp3) is 0.526. The number of carboxylic acid groups (broad SMARTS) is 1. The maximum absolute atomic E-state index is 12.3. The van der Waals surface area contributed by atoms with Crippen molar-refractivity contribution in [2.24, 2.45) is 5.41 Å². The number of rotatable bonds is 8. The fourth-order valence-corrected chi connectivity index (χ4v) is 2.41. The zero-order valence-corrected chi connectivity index (χ0v) is 16.0. The SMILES string of the molecule is COc1cccc(C(C)(CC(=O)O)NC(=O)CCNC(=O)C(C)(C)C)c1. The van der Waals surface area contributed by atoms with Crippen LogP contribution in [-0.2, 0) is 19.9 Å². The second-order valence-electron chi connectivity index (χ2n) is 7.44. The molecule has 144 valence electrons. The molecule has 26 heavy (non-hydrogen) atoms. The van der Waals surface area contributed by atoms with E-state index in [1.54, 1.807) is 52.0 Å². The van der Waals surface area contributed by atoms with Crippen LogP contribution in [0.5, 0.6) is 5.75 Å². The Morgan fingerprint density at radius 3 is 2.35 bits per heavy atom. The molecule has 3 N–H and O–H groups in total. The first kappa shape index (κ1) is 21.5. The third-order valence-electron chi connectivity index (χ3n) is 3.95. The van der Waals surface area contributed by atoms with Crippen molar-refractivity contribution in [1.29, 1.82) is 0 Å². The summed E-state index contributed by atoms with van der Waals surface area (Å²) in [6.45, 7) is 7.20. The Morgan fingerprint density at radius 2 is 1.81 bits per heavy atom. The minimum Gasteiger partial charge on any atom is -0.497 e. The highest BCUT2D eigenvalue weighted by atomic mass is 16.5. The Bertz CT molecular complexity index is 666. The van der Waals surface area contributed by atoms with E-state index in [0.717, 1.165) is 0 Å². The van der Waals surface area contributed by atoms with Crippen LogP contribution in [0.4, 0.5) is 0 Å². The van der Waals surface area contributed by atoms with E-state index in [9.17, 15) is 19.5 Å².